The molecule has 74 valence electrons. The zero-order valence-electron chi connectivity index (χ0n) is 7.90. The van der Waals surface area contributed by atoms with E-state index in [0.29, 0.717) is 12.5 Å². The predicted molar refractivity (Wildman–Crippen MR) is 47.5 cm³/mol. The number of nitrogens with two attached hydrogens (primary N) is 1. The van der Waals surface area contributed by atoms with Crippen LogP contribution in [-0.2, 0) is 9.63 Å². The number of carbonyl (C=O) groups is 1. The Bertz CT molecular complexity index is 214. The van der Waals surface area contributed by atoms with Gasteiger partial charge < -0.3 is 5.73 Å². The maximum atomic E-state index is 11.3. The molecule has 0 aromatic rings. The molecule has 1 unspecified atom stereocenters. The molecule has 0 aromatic heterocycles. The van der Waals surface area contributed by atoms with Gasteiger partial charge in [-0.3, -0.25) is 9.63 Å². The highest BCUT2D eigenvalue weighted by atomic mass is 16.7. The van der Waals surface area contributed by atoms with Crippen LogP contribution in [0.15, 0.2) is 0 Å². The molecule has 1 aliphatic carbocycles. The van der Waals surface area contributed by atoms with Crippen LogP contribution in [0.5, 0.6) is 0 Å². The number of rotatable bonds is 2. The molecule has 4 nitrogen and oxygen atoms in total. The second kappa shape index (κ2) is 3.27. The highest BCUT2D eigenvalue weighted by Crippen LogP contribution is 2.34. The lowest BCUT2D eigenvalue weighted by molar-refractivity contribution is -0.167. The van der Waals surface area contributed by atoms with Crippen molar-refractivity contribution in [1.82, 2.24) is 5.06 Å². The van der Waals surface area contributed by atoms with Gasteiger partial charge in [0.05, 0.1) is 13.2 Å². The van der Waals surface area contributed by atoms with Crippen LogP contribution in [-0.4, -0.2) is 30.2 Å². The van der Waals surface area contributed by atoms with E-state index >= 15 is 0 Å². The first-order valence-electron chi connectivity index (χ1n) is 4.86. The van der Waals surface area contributed by atoms with Crippen molar-refractivity contribution >= 4 is 5.91 Å². The lowest BCUT2D eigenvalue weighted by atomic mass is 9.76. The van der Waals surface area contributed by atoms with E-state index in [4.69, 9.17) is 10.6 Å². The van der Waals surface area contributed by atoms with Crippen LogP contribution in [0.3, 0.4) is 0 Å². The summed E-state index contributed by atoms with van der Waals surface area (Å²) < 4.78 is 0. The quantitative estimate of drug-likeness (QED) is 0.664. The van der Waals surface area contributed by atoms with E-state index in [1.807, 2.05) is 0 Å². The predicted octanol–water partition coefficient (Wildman–Crippen LogP) is 0.134. The van der Waals surface area contributed by atoms with Crippen molar-refractivity contribution in [2.45, 2.75) is 25.8 Å². The summed E-state index contributed by atoms with van der Waals surface area (Å²) in [7, 11) is 0. The molecular weight excluding hydrogens is 168 g/mol. The van der Waals surface area contributed by atoms with Crippen LogP contribution in [0.2, 0.25) is 0 Å². The van der Waals surface area contributed by atoms with Crippen molar-refractivity contribution in [3.8, 4) is 0 Å². The van der Waals surface area contributed by atoms with Crippen molar-refractivity contribution in [3.05, 3.63) is 0 Å². The molecule has 2 fully saturated rings. The summed E-state index contributed by atoms with van der Waals surface area (Å²) in [5.74, 6) is 1.39. The maximum Gasteiger partial charge on any atom is 0.265 e. The molecule has 4 heteroatoms. The summed E-state index contributed by atoms with van der Waals surface area (Å²) >= 11 is 0. The second-order valence-corrected chi connectivity index (χ2v) is 4.24. The first-order chi connectivity index (χ1) is 6.16. The summed E-state index contributed by atoms with van der Waals surface area (Å²) in [4.78, 5) is 16.5. The Kier molecular flexibility index (Phi) is 2.26. The van der Waals surface area contributed by atoms with Gasteiger partial charge >= 0.3 is 0 Å². The molecular formula is C9H16N2O2. The molecule has 1 saturated heterocycles. The molecule has 1 atom stereocenters. The van der Waals surface area contributed by atoms with Gasteiger partial charge in [0.1, 0.15) is 6.04 Å². The topological polar surface area (TPSA) is 55.6 Å². The van der Waals surface area contributed by atoms with Crippen molar-refractivity contribution in [2.24, 2.45) is 17.6 Å². The van der Waals surface area contributed by atoms with E-state index in [2.05, 4.69) is 6.92 Å². The van der Waals surface area contributed by atoms with Crippen molar-refractivity contribution in [3.63, 3.8) is 0 Å². The maximum absolute atomic E-state index is 11.3. The SMILES string of the molecule is CC1CC(CN2OCC(N)C2=O)C1. The number of amides is 1. The number of carbonyl (C=O) groups excluding carboxylic acids is 1. The Morgan fingerprint density at radius 3 is 2.77 bits per heavy atom. The van der Waals surface area contributed by atoms with Gasteiger partial charge in [-0.25, -0.2) is 5.06 Å². The first-order valence-corrected chi connectivity index (χ1v) is 4.86. The van der Waals surface area contributed by atoms with Gasteiger partial charge in [0.25, 0.3) is 5.91 Å². The highest BCUT2D eigenvalue weighted by Gasteiger charge is 2.35. The molecule has 13 heavy (non-hydrogen) atoms. The van der Waals surface area contributed by atoms with Crippen molar-refractivity contribution in [2.75, 3.05) is 13.2 Å². The van der Waals surface area contributed by atoms with Crippen LogP contribution in [0.1, 0.15) is 19.8 Å². The molecule has 2 N–H and O–H groups in total. The van der Waals surface area contributed by atoms with E-state index in [1.54, 1.807) is 0 Å². The minimum absolute atomic E-state index is 0.0560. The van der Waals surface area contributed by atoms with Crippen LogP contribution in [0, 0.1) is 11.8 Å². The molecule has 1 saturated carbocycles. The van der Waals surface area contributed by atoms with Crippen LogP contribution in [0.25, 0.3) is 0 Å². The summed E-state index contributed by atoms with van der Waals surface area (Å²) in [6.45, 7) is 3.31. The average molecular weight is 184 g/mol. The van der Waals surface area contributed by atoms with Gasteiger partial charge in [0, 0.05) is 0 Å². The summed E-state index contributed by atoms with van der Waals surface area (Å²) in [5, 5.41) is 1.45. The Hall–Kier alpha value is -0.610. The molecule has 1 aliphatic heterocycles. The molecule has 0 radical (unpaired) electrons. The molecule has 1 amide bonds. The second-order valence-electron chi connectivity index (χ2n) is 4.24. The largest absolute Gasteiger partial charge is 0.318 e. The Morgan fingerprint density at radius 1 is 1.62 bits per heavy atom. The molecule has 0 aromatic carbocycles. The third-order valence-electron chi connectivity index (χ3n) is 2.87. The molecule has 1 heterocycles. The number of hydrogen-bond donors (Lipinski definition) is 1. The van der Waals surface area contributed by atoms with E-state index in [9.17, 15) is 4.79 Å². The van der Waals surface area contributed by atoms with Crippen LogP contribution < -0.4 is 5.73 Å². The summed E-state index contributed by atoms with van der Waals surface area (Å²) in [6.07, 6.45) is 2.42. The van der Waals surface area contributed by atoms with Gasteiger partial charge in [0.2, 0.25) is 0 Å². The number of hydrogen-bond acceptors (Lipinski definition) is 3. The summed E-state index contributed by atoms with van der Waals surface area (Å²) in [6, 6.07) is -0.433. The molecule has 0 bridgehead atoms. The zero-order chi connectivity index (χ0) is 9.42. The van der Waals surface area contributed by atoms with Gasteiger partial charge in [-0.1, -0.05) is 6.92 Å². The number of hydroxylamine groups is 2. The lowest BCUT2D eigenvalue weighted by Gasteiger charge is -2.34. The lowest BCUT2D eigenvalue weighted by Crippen LogP contribution is -2.39. The molecule has 2 rings (SSSR count). The van der Waals surface area contributed by atoms with E-state index < -0.39 is 6.04 Å². The Morgan fingerprint density at radius 2 is 2.31 bits per heavy atom. The fraction of sp³-hybridized carbons (Fsp3) is 0.889. The number of nitrogens with zero attached hydrogens (tertiary/aromatic N) is 1. The van der Waals surface area contributed by atoms with Gasteiger partial charge in [-0.2, -0.15) is 0 Å². The van der Waals surface area contributed by atoms with E-state index in [0.717, 1.165) is 12.5 Å². The first kappa shape index (κ1) is 8.97. The van der Waals surface area contributed by atoms with Gasteiger partial charge in [-0.05, 0) is 24.7 Å². The smallest absolute Gasteiger partial charge is 0.265 e. The molecule has 0 spiro atoms. The van der Waals surface area contributed by atoms with Crippen molar-refractivity contribution < 1.29 is 9.63 Å². The monoisotopic (exact) mass is 184 g/mol. The Labute approximate surface area is 78.0 Å². The standard InChI is InChI=1S/C9H16N2O2/c1-6-2-7(3-6)4-11-9(12)8(10)5-13-11/h6-8H,2-5,10H2,1H3. The fourth-order valence-corrected chi connectivity index (χ4v) is 2.09. The normalized spacial score (nSPS) is 39.4. The van der Waals surface area contributed by atoms with E-state index in [-0.39, 0.29) is 5.91 Å². The highest BCUT2D eigenvalue weighted by molar-refractivity contribution is 5.82. The van der Waals surface area contributed by atoms with Crippen LogP contribution in [0.4, 0.5) is 0 Å². The minimum atomic E-state index is -0.433. The average Bonchev–Trinajstić information content (AvgIpc) is 2.33. The van der Waals surface area contributed by atoms with Crippen molar-refractivity contribution in [1.29, 1.82) is 0 Å². The third kappa shape index (κ3) is 1.69. The fourth-order valence-electron chi connectivity index (χ4n) is 2.09. The minimum Gasteiger partial charge on any atom is -0.318 e. The van der Waals surface area contributed by atoms with Gasteiger partial charge in [0.15, 0.2) is 0 Å². The van der Waals surface area contributed by atoms with Crippen LogP contribution >= 0.6 is 0 Å². The van der Waals surface area contributed by atoms with E-state index in [1.165, 1.54) is 17.9 Å². The Balaban J connectivity index is 1.79. The third-order valence-corrected chi connectivity index (χ3v) is 2.87. The zero-order valence-corrected chi connectivity index (χ0v) is 7.90. The summed E-state index contributed by atoms with van der Waals surface area (Å²) in [5.41, 5.74) is 5.51. The van der Waals surface area contributed by atoms with Gasteiger partial charge in [-0.15, -0.1) is 0 Å². The molecule has 2 aliphatic rings.